The second-order valence-corrected chi connectivity index (χ2v) is 8.79. The molecule has 4 rings (SSSR count). The van der Waals surface area contributed by atoms with Crippen LogP contribution in [0.5, 0.6) is 5.75 Å². The molecule has 0 saturated carbocycles. The summed E-state index contributed by atoms with van der Waals surface area (Å²) in [6.07, 6.45) is 2.49. The highest BCUT2D eigenvalue weighted by Gasteiger charge is 2.22. The zero-order chi connectivity index (χ0) is 26.2. The first-order valence-electron chi connectivity index (χ1n) is 12.0. The maximum absolute atomic E-state index is 13.1. The number of carboxylic acid groups (broad SMARTS) is 1. The van der Waals surface area contributed by atoms with Crippen LogP contribution in [0.2, 0.25) is 0 Å². The molecule has 0 aliphatic carbocycles. The van der Waals surface area contributed by atoms with Gasteiger partial charge >= 0.3 is 5.97 Å². The summed E-state index contributed by atoms with van der Waals surface area (Å²) in [6.45, 7) is 0.632. The molecule has 0 radical (unpaired) electrons. The number of benzene rings is 3. The van der Waals surface area contributed by atoms with E-state index in [2.05, 4.69) is 10.3 Å². The molecule has 0 aliphatic heterocycles. The molecule has 0 saturated heterocycles. The summed E-state index contributed by atoms with van der Waals surface area (Å²) in [4.78, 5) is 31.7. The Morgan fingerprint density at radius 1 is 0.919 bits per heavy atom. The lowest BCUT2D eigenvalue weighted by atomic mass is 9.96. The van der Waals surface area contributed by atoms with E-state index < -0.39 is 12.0 Å². The lowest BCUT2D eigenvalue weighted by Crippen LogP contribution is -2.32. The molecule has 0 bridgehead atoms. The lowest BCUT2D eigenvalue weighted by Gasteiger charge is -2.21. The molecule has 0 fully saturated rings. The Hall–Kier alpha value is -4.65. The van der Waals surface area contributed by atoms with Gasteiger partial charge < -0.3 is 20.4 Å². The fourth-order valence-electron chi connectivity index (χ4n) is 4.19. The standard InChI is InChI=1S/C30H29N3O4/c1-33(28-13-7-8-17-31-28)18-16-23-19-24(34)15-14-22(23)20-27(30(36)37)32-26-12-6-5-11-25(26)29(35)21-9-3-2-4-10-21/h2-15,17,19,27,32,34H,16,18,20H2,1H3,(H,36,37)/t27-/m0/s1. The first-order valence-corrected chi connectivity index (χ1v) is 12.0. The number of rotatable bonds is 11. The van der Waals surface area contributed by atoms with E-state index in [1.165, 1.54) is 0 Å². The highest BCUT2D eigenvalue weighted by atomic mass is 16.4. The van der Waals surface area contributed by atoms with Gasteiger partial charge in [-0.3, -0.25) is 4.79 Å². The second kappa shape index (κ2) is 11.9. The normalized spacial score (nSPS) is 11.5. The number of phenolic OH excluding ortho intramolecular Hbond substituents is 1. The number of ketones is 1. The third-order valence-corrected chi connectivity index (χ3v) is 6.21. The number of para-hydroxylation sites is 1. The summed E-state index contributed by atoms with van der Waals surface area (Å²) in [7, 11) is 1.94. The van der Waals surface area contributed by atoms with E-state index in [1.54, 1.807) is 72.9 Å². The highest BCUT2D eigenvalue weighted by molar-refractivity contribution is 6.12. The Kier molecular flexibility index (Phi) is 8.15. The largest absolute Gasteiger partial charge is 0.508 e. The molecular formula is C30H29N3O4. The van der Waals surface area contributed by atoms with Gasteiger partial charge in [0.1, 0.15) is 17.6 Å². The summed E-state index contributed by atoms with van der Waals surface area (Å²) >= 11 is 0. The van der Waals surface area contributed by atoms with Gasteiger partial charge in [0.05, 0.1) is 0 Å². The number of carbonyl (C=O) groups excluding carboxylic acids is 1. The Bertz CT molecular complexity index is 1360. The zero-order valence-electron chi connectivity index (χ0n) is 20.5. The Labute approximate surface area is 216 Å². The number of carbonyl (C=O) groups is 2. The number of phenols is 1. The fourth-order valence-corrected chi connectivity index (χ4v) is 4.19. The maximum Gasteiger partial charge on any atom is 0.326 e. The van der Waals surface area contributed by atoms with E-state index in [1.807, 2.05) is 36.2 Å². The third kappa shape index (κ3) is 6.52. The van der Waals surface area contributed by atoms with Crippen LogP contribution in [0.4, 0.5) is 11.5 Å². The molecule has 0 aliphatic rings. The molecule has 188 valence electrons. The number of hydrogen-bond donors (Lipinski definition) is 3. The van der Waals surface area contributed by atoms with Gasteiger partial charge in [0.15, 0.2) is 5.78 Å². The van der Waals surface area contributed by atoms with Gasteiger partial charge in [-0.1, -0.05) is 54.6 Å². The molecule has 37 heavy (non-hydrogen) atoms. The van der Waals surface area contributed by atoms with Crippen molar-refractivity contribution in [3.8, 4) is 5.75 Å². The van der Waals surface area contributed by atoms with Crippen LogP contribution in [0.15, 0.2) is 97.2 Å². The second-order valence-electron chi connectivity index (χ2n) is 8.79. The van der Waals surface area contributed by atoms with Gasteiger partial charge in [-0.2, -0.15) is 0 Å². The number of nitrogens with one attached hydrogen (secondary N) is 1. The molecule has 1 heterocycles. The summed E-state index contributed by atoms with van der Waals surface area (Å²) in [5, 5.41) is 23.2. The zero-order valence-corrected chi connectivity index (χ0v) is 20.5. The molecule has 7 heteroatoms. The van der Waals surface area contributed by atoms with E-state index >= 15 is 0 Å². The number of anilines is 2. The smallest absolute Gasteiger partial charge is 0.326 e. The lowest BCUT2D eigenvalue weighted by molar-refractivity contribution is -0.137. The maximum atomic E-state index is 13.1. The van der Waals surface area contributed by atoms with Crippen molar-refractivity contribution in [1.82, 2.24) is 4.98 Å². The quantitative estimate of drug-likeness (QED) is 0.257. The van der Waals surface area contributed by atoms with Crippen molar-refractivity contribution < 1.29 is 19.8 Å². The van der Waals surface area contributed by atoms with Crippen LogP contribution in [0, 0.1) is 0 Å². The van der Waals surface area contributed by atoms with Crippen LogP contribution in [0.25, 0.3) is 0 Å². The average Bonchev–Trinajstić information content (AvgIpc) is 2.93. The molecule has 1 aromatic heterocycles. The van der Waals surface area contributed by atoms with Crippen molar-refractivity contribution in [2.24, 2.45) is 0 Å². The Balaban J connectivity index is 1.54. The van der Waals surface area contributed by atoms with E-state index in [4.69, 9.17) is 0 Å². The van der Waals surface area contributed by atoms with Crippen LogP contribution >= 0.6 is 0 Å². The number of pyridine rings is 1. The van der Waals surface area contributed by atoms with Gasteiger partial charge in [-0.05, 0) is 53.9 Å². The van der Waals surface area contributed by atoms with Crippen LogP contribution in [-0.2, 0) is 17.6 Å². The monoisotopic (exact) mass is 495 g/mol. The minimum absolute atomic E-state index is 0.123. The summed E-state index contributed by atoms with van der Waals surface area (Å²) in [6, 6.07) is 25.5. The molecule has 7 nitrogen and oxygen atoms in total. The van der Waals surface area contributed by atoms with Crippen molar-refractivity contribution in [2.75, 3.05) is 23.8 Å². The Morgan fingerprint density at radius 3 is 2.38 bits per heavy atom. The van der Waals surface area contributed by atoms with Gasteiger partial charge in [-0.15, -0.1) is 0 Å². The van der Waals surface area contributed by atoms with Crippen molar-refractivity contribution in [2.45, 2.75) is 18.9 Å². The van der Waals surface area contributed by atoms with Crippen LogP contribution in [0.3, 0.4) is 0 Å². The third-order valence-electron chi connectivity index (χ3n) is 6.21. The van der Waals surface area contributed by atoms with E-state index in [-0.39, 0.29) is 18.0 Å². The number of likely N-dealkylation sites (N-methyl/N-ethyl adjacent to an activating group) is 1. The molecule has 1 atom stereocenters. The van der Waals surface area contributed by atoms with E-state index in [9.17, 15) is 19.8 Å². The van der Waals surface area contributed by atoms with Crippen LogP contribution < -0.4 is 10.2 Å². The predicted octanol–water partition coefficient (Wildman–Crippen LogP) is 4.80. The number of aromatic hydroxyl groups is 1. The summed E-state index contributed by atoms with van der Waals surface area (Å²) in [5.74, 6) is -0.269. The van der Waals surface area contributed by atoms with Crippen molar-refractivity contribution in [3.05, 3.63) is 119 Å². The topological polar surface area (TPSA) is 103 Å². The molecule has 0 amide bonds. The first-order chi connectivity index (χ1) is 17.9. The molecule has 4 aromatic rings. The fraction of sp³-hybridized carbons (Fsp3) is 0.167. The highest BCUT2D eigenvalue weighted by Crippen LogP contribution is 2.24. The number of carboxylic acids is 1. The van der Waals surface area contributed by atoms with Gasteiger partial charge in [0.25, 0.3) is 0 Å². The van der Waals surface area contributed by atoms with E-state index in [0.717, 1.165) is 16.9 Å². The molecule has 3 aromatic carbocycles. The van der Waals surface area contributed by atoms with Crippen LogP contribution in [0.1, 0.15) is 27.0 Å². The molecule has 0 unspecified atom stereocenters. The molecular weight excluding hydrogens is 466 g/mol. The number of aromatic nitrogens is 1. The number of aliphatic carboxylic acids is 1. The SMILES string of the molecule is CN(CCc1cc(O)ccc1C[C@H](Nc1ccccc1C(=O)c1ccccc1)C(=O)O)c1ccccn1. The minimum Gasteiger partial charge on any atom is -0.508 e. The van der Waals surface area contributed by atoms with Crippen molar-refractivity contribution >= 4 is 23.3 Å². The Morgan fingerprint density at radius 2 is 1.65 bits per heavy atom. The molecule has 3 N–H and O–H groups in total. The first kappa shape index (κ1) is 25.4. The minimum atomic E-state index is -1.04. The summed E-state index contributed by atoms with van der Waals surface area (Å²) < 4.78 is 0. The molecule has 0 spiro atoms. The van der Waals surface area contributed by atoms with Gasteiger partial charge in [0.2, 0.25) is 0 Å². The van der Waals surface area contributed by atoms with Crippen molar-refractivity contribution in [1.29, 1.82) is 0 Å². The van der Waals surface area contributed by atoms with Gasteiger partial charge in [-0.25, -0.2) is 9.78 Å². The summed E-state index contributed by atoms with van der Waals surface area (Å²) in [5.41, 5.74) is 3.05. The van der Waals surface area contributed by atoms with Gasteiger partial charge in [0, 0.05) is 43.0 Å². The number of nitrogens with zero attached hydrogens (tertiary/aromatic N) is 2. The predicted molar refractivity (Wildman–Crippen MR) is 144 cm³/mol. The van der Waals surface area contributed by atoms with E-state index in [0.29, 0.717) is 29.8 Å². The number of hydrogen-bond acceptors (Lipinski definition) is 6. The average molecular weight is 496 g/mol. The van der Waals surface area contributed by atoms with Crippen molar-refractivity contribution in [3.63, 3.8) is 0 Å². The van der Waals surface area contributed by atoms with Crippen LogP contribution in [-0.4, -0.2) is 46.6 Å².